The number of thiazole rings is 1. The fourth-order valence-corrected chi connectivity index (χ4v) is 3.27. The largest absolute Gasteiger partial charge is 0.494 e. The van der Waals surface area contributed by atoms with Gasteiger partial charge in [0, 0.05) is 30.0 Å². The first-order valence-electron chi connectivity index (χ1n) is 8.70. The van der Waals surface area contributed by atoms with Crippen LogP contribution in [0.4, 0.5) is 18.3 Å². The number of ether oxygens (including phenoxy) is 1. The van der Waals surface area contributed by atoms with Gasteiger partial charge in [0.2, 0.25) is 5.91 Å². The first-order valence-corrected chi connectivity index (χ1v) is 9.58. The van der Waals surface area contributed by atoms with E-state index in [2.05, 4.69) is 15.6 Å². The van der Waals surface area contributed by atoms with Crippen LogP contribution in [0.15, 0.2) is 41.8 Å². The van der Waals surface area contributed by atoms with E-state index in [-0.39, 0.29) is 24.3 Å². The summed E-state index contributed by atoms with van der Waals surface area (Å²) in [7, 11) is 1.37. The molecule has 30 heavy (non-hydrogen) atoms. The summed E-state index contributed by atoms with van der Waals surface area (Å²) in [5, 5.41) is 6.94. The van der Waals surface area contributed by atoms with Gasteiger partial charge in [-0.2, -0.15) is 0 Å². The number of carbonyl (C=O) groups excluding carboxylic acids is 2. The summed E-state index contributed by atoms with van der Waals surface area (Å²) < 4.78 is 45.2. The number of benzene rings is 2. The summed E-state index contributed by atoms with van der Waals surface area (Å²) in [6.45, 7) is -0.0522. The van der Waals surface area contributed by atoms with Crippen molar-refractivity contribution in [3.8, 4) is 17.0 Å². The Morgan fingerprint density at radius 3 is 2.60 bits per heavy atom. The third-order valence-electron chi connectivity index (χ3n) is 4.01. The lowest BCUT2D eigenvalue weighted by Crippen LogP contribution is -2.28. The normalized spacial score (nSPS) is 10.5. The molecule has 0 aliphatic rings. The molecule has 10 heteroatoms. The van der Waals surface area contributed by atoms with E-state index in [1.54, 1.807) is 11.4 Å². The summed E-state index contributed by atoms with van der Waals surface area (Å²) >= 11 is 1.16. The number of hydrogen-bond acceptors (Lipinski definition) is 5. The minimum Gasteiger partial charge on any atom is -0.494 e. The van der Waals surface area contributed by atoms with Gasteiger partial charge in [-0.15, -0.1) is 11.3 Å². The monoisotopic (exact) mass is 435 g/mol. The summed E-state index contributed by atoms with van der Waals surface area (Å²) in [5.41, 5.74) is 0.698. The van der Waals surface area contributed by atoms with Crippen LogP contribution in [0.2, 0.25) is 0 Å². The van der Waals surface area contributed by atoms with E-state index < -0.39 is 29.3 Å². The van der Waals surface area contributed by atoms with E-state index >= 15 is 0 Å². The van der Waals surface area contributed by atoms with Gasteiger partial charge in [0.15, 0.2) is 16.7 Å². The molecular weight excluding hydrogens is 419 g/mol. The Balaban J connectivity index is 1.52. The predicted molar refractivity (Wildman–Crippen MR) is 106 cm³/mol. The molecule has 156 valence electrons. The molecule has 1 aromatic heterocycles. The molecule has 2 amide bonds. The van der Waals surface area contributed by atoms with Crippen LogP contribution in [-0.2, 0) is 4.79 Å². The average Bonchev–Trinajstić information content (AvgIpc) is 3.16. The highest BCUT2D eigenvalue weighted by Crippen LogP contribution is 2.28. The van der Waals surface area contributed by atoms with E-state index in [0.29, 0.717) is 22.5 Å². The fourth-order valence-electron chi connectivity index (χ4n) is 2.53. The van der Waals surface area contributed by atoms with Crippen molar-refractivity contribution in [2.24, 2.45) is 0 Å². The molecule has 0 aliphatic heterocycles. The maximum absolute atomic E-state index is 13.8. The number of nitrogens with one attached hydrogen (secondary N) is 2. The number of carbonyl (C=O) groups is 2. The zero-order valence-electron chi connectivity index (χ0n) is 15.7. The molecule has 3 rings (SSSR count). The van der Waals surface area contributed by atoms with Crippen LogP contribution in [0.25, 0.3) is 11.3 Å². The highest BCUT2D eigenvalue weighted by Gasteiger charge is 2.14. The van der Waals surface area contributed by atoms with E-state index in [0.717, 1.165) is 23.5 Å². The van der Waals surface area contributed by atoms with Crippen LogP contribution in [0, 0.1) is 17.5 Å². The van der Waals surface area contributed by atoms with Gasteiger partial charge in [-0.05, 0) is 30.3 Å². The maximum atomic E-state index is 13.8. The number of hydrogen-bond donors (Lipinski definition) is 2. The molecule has 1 heterocycles. The first kappa shape index (κ1) is 21.3. The Bertz CT molecular complexity index is 1090. The van der Waals surface area contributed by atoms with Crippen molar-refractivity contribution in [2.75, 3.05) is 19.0 Å². The third-order valence-corrected chi connectivity index (χ3v) is 4.77. The molecule has 0 saturated heterocycles. The molecule has 0 saturated carbocycles. The Kier molecular flexibility index (Phi) is 6.68. The average molecular weight is 435 g/mol. The predicted octanol–water partition coefficient (Wildman–Crippen LogP) is 3.99. The lowest BCUT2D eigenvalue weighted by Gasteiger charge is -2.06. The van der Waals surface area contributed by atoms with E-state index in [9.17, 15) is 22.8 Å². The molecule has 0 aliphatic carbocycles. The quantitative estimate of drug-likeness (QED) is 0.588. The van der Waals surface area contributed by atoms with Crippen LogP contribution < -0.4 is 15.4 Å². The topological polar surface area (TPSA) is 80.3 Å². The van der Waals surface area contributed by atoms with Crippen molar-refractivity contribution in [1.29, 1.82) is 0 Å². The fraction of sp³-hybridized carbons (Fsp3) is 0.150. The van der Waals surface area contributed by atoms with Crippen LogP contribution in [-0.4, -0.2) is 30.5 Å². The maximum Gasteiger partial charge on any atom is 0.254 e. The van der Waals surface area contributed by atoms with Crippen molar-refractivity contribution in [2.45, 2.75) is 6.42 Å². The van der Waals surface area contributed by atoms with Gasteiger partial charge in [0.1, 0.15) is 11.6 Å². The molecular formula is C20H16F3N3O3S. The third kappa shape index (κ3) is 5.15. The Labute approximate surface area is 173 Å². The minimum absolute atomic E-state index is 0.0522. The zero-order chi connectivity index (χ0) is 21.7. The van der Waals surface area contributed by atoms with Crippen LogP contribution in [0.5, 0.6) is 5.75 Å². The van der Waals surface area contributed by atoms with Crippen molar-refractivity contribution < 1.29 is 27.5 Å². The van der Waals surface area contributed by atoms with Gasteiger partial charge in [-0.1, -0.05) is 0 Å². The van der Waals surface area contributed by atoms with Gasteiger partial charge in [-0.25, -0.2) is 18.2 Å². The smallest absolute Gasteiger partial charge is 0.254 e. The lowest BCUT2D eigenvalue weighted by atomic mass is 10.1. The number of rotatable bonds is 7. The second-order valence-electron chi connectivity index (χ2n) is 6.07. The van der Waals surface area contributed by atoms with E-state index in [1.165, 1.54) is 19.2 Å². The highest BCUT2D eigenvalue weighted by molar-refractivity contribution is 7.14. The lowest BCUT2D eigenvalue weighted by molar-refractivity contribution is -0.116. The van der Waals surface area contributed by atoms with Crippen molar-refractivity contribution in [3.63, 3.8) is 0 Å². The second kappa shape index (κ2) is 9.40. The number of amides is 2. The SMILES string of the molecule is COc1ccc(-c2csc(NC(=O)CCNC(=O)c3ccc(F)cc3F)n2)cc1F. The van der Waals surface area contributed by atoms with Crippen LogP contribution >= 0.6 is 11.3 Å². The molecule has 6 nitrogen and oxygen atoms in total. The summed E-state index contributed by atoms with van der Waals surface area (Å²) in [6.07, 6.45) is -0.0827. The summed E-state index contributed by atoms with van der Waals surface area (Å²) in [6, 6.07) is 7.01. The van der Waals surface area contributed by atoms with Gasteiger partial charge in [0.25, 0.3) is 5.91 Å². The highest BCUT2D eigenvalue weighted by atomic mass is 32.1. The van der Waals surface area contributed by atoms with E-state index in [4.69, 9.17) is 4.74 Å². The number of nitrogens with zero attached hydrogens (tertiary/aromatic N) is 1. The Morgan fingerprint density at radius 2 is 1.90 bits per heavy atom. The van der Waals surface area contributed by atoms with Gasteiger partial charge >= 0.3 is 0 Å². The Hall–Kier alpha value is -3.40. The van der Waals surface area contributed by atoms with Gasteiger partial charge in [0.05, 0.1) is 18.4 Å². The first-order chi connectivity index (χ1) is 14.4. The van der Waals surface area contributed by atoms with Gasteiger partial charge < -0.3 is 15.4 Å². The number of halogens is 3. The number of aromatic nitrogens is 1. The zero-order valence-corrected chi connectivity index (χ0v) is 16.5. The molecule has 0 unspecified atom stereocenters. The minimum atomic E-state index is -0.984. The number of methoxy groups -OCH3 is 1. The molecule has 0 spiro atoms. The standard InChI is InChI=1S/C20H16F3N3O3S/c1-29-17-5-2-11(8-15(17)23)16-10-30-20(25-16)26-18(27)6-7-24-19(28)13-4-3-12(21)9-14(13)22/h2-5,8-10H,6-7H2,1H3,(H,24,28)(H,25,26,27). The van der Waals surface area contributed by atoms with Crippen molar-refractivity contribution in [3.05, 3.63) is 64.8 Å². The molecule has 3 aromatic rings. The van der Waals surface area contributed by atoms with Crippen LogP contribution in [0.1, 0.15) is 16.8 Å². The summed E-state index contributed by atoms with van der Waals surface area (Å²) in [4.78, 5) is 28.2. The molecule has 0 bridgehead atoms. The van der Waals surface area contributed by atoms with E-state index in [1.807, 2.05) is 0 Å². The molecule has 0 atom stereocenters. The molecule has 2 aromatic carbocycles. The number of anilines is 1. The van der Waals surface area contributed by atoms with Crippen molar-refractivity contribution >= 4 is 28.3 Å². The second-order valence-corrected chi connectivity index (χ2v) is 6.92. The van der Waals surface area contributed by atoms with Crippen LogP contribution in [0.3, 0.4) is 0 Å². The summed E-state index contributed by atoms with van der Waals surface area (Å²) in [5.74, 6) is -3.35. The van der Waals surface area contributed by atoms with Gasteiger partial charge in [-0.3, -0.25) is 9.59 Å². The molecule has 0 fully saturated rings. The molecule has 0 radical (unpaired) electrons. The Morgan fingerprint density at radius 1 is 1.10 bits per heavy atom. The molecule has 2 N–H and O–H groups in total. The van der Waals surface area contributed by atoms with Crippen molar-refractivity contribution in [1.82, 2.24) is 10.3 Å².